The first-order valence-electron chi connectivity index (χ1n) is 5.74. The fraction of sp³-hybridized carbons (Fsp3) is 1.00. The Morgan fingerprint density at radius 2 is 2.00 bits per heavy atom. The molecule has 2 unspecified atom stereocenters. The molecule has 0 aromatic heterocycles. The van der Waals surface area contributed by atoms with Gasteiger partial charge >= 0.3 is 0 Å². The zero-order chi connectivity index (χ0) is 11.4. The lowest BCUT2D eigenvalue weighted by Crippen LogP contribution is -2.58. The highest BCUT2D eigenvalue weighted by molar-refractivity contribution is 4.84. The lowest BCUT2D eigenvalue weighted by atomic mass is 10.1. The Hall–Kier alpha value is -0.160. The molecule has 0 aromatic carbocycles. The molecule has 1 heterocycles. The first kappa shape index (κ1) is 12.9. The van der Waals surface area contributed by atoms with Crippen LogP contribution in [0.2, 0.25) is 0 Å². The Kier molecular flexibility index (Phi) is 4.99. The van der Waals surface area contributed by atoms with Gasteiger partial charge in [-0.15, -0.1) is 0 Å². The van der Waals surface area contributed by atoms with Gasteiger partial charge in [0.25, 0.3) is 0 Å². The summed E-state index contributed by atoms with van der Waals surface area (Å²) >= 11 is 0. The first-order chi connectivity index (χ1) is 7.04. The number of likely N-dealkylation sites (N-methyl/N-ethyl adjacent to an activating group) is 2. The Labute approximate surface area is 93.5 Å². The Bertz CT molecular complexity index is 187. The zero-order valence-electron chi connectivity index (χ0n) is 10.5. The summed E-state index contributed by atoms with van der Waals surface area (Å²) in [7, 11) is 6.31. The van der Waals surface area contributed by atoms with Gasteiger partial charge < -0.3 is 10.0 Å². The van der Waals surface area contributed by atoms with Crippen molar-refractivity contribution < 1.29 is 5.11 Å². The van der Waals surface area contributed by atoms with Crippen LogP contribution in [0.15, 0.2) is 0 Å². The molecule has 1 aliphatic heterocycles. The predicted octanol–water partition coefficient (Wildman–Crippen LogP) is -0.455. The maximum absolute atomic E-state index is 9.30. The fourth-order valence-corrected chi connectivity index (χ4v) is 2.07. The van der Waals surface area contributed by atoms with Gasteiger partial charge in [-0.25, -0.2) is 0 Å². The average Bonchev–Trinajstić information content (AvgIpc) is 2.19. The Balaban J connectivity index is 2.41. The summed E-state index contributed by atoms with van der Waals surface area (Å²) in [6.07, 6.45) is 0. The van der Waals surface area contributed by atoms with Gasteiger partial charge in [0.1, 0.15) is 0 Å². The van der Waals surface area contributed by atoms with Crippen LogP contribution in [0.1, 0.15) is 6.92 Å². The molecule has 0 radical (unpaired) electrons. The lowest BCUT2D eigenvalue weighted by Gasteiger charge is -2.43. The number of hydrogen-bond acceptors (Lipinski definition) is 4. The van der Waals surface area contributed by atoms with Crippen LogP contribution >= 0.6 is 0 Å². The van der Waals surface area contributed by atoms with Gasteiger partial charge in [0.15, 0.2) is 0 Å². The van der Waals surface area contributed by atoms with E-state index in [1.54, 1.807) is 0 Å². The summed E-state index contributed by atoms with van der Waals surface area (Å²) in [6, 6.07) is 0.842. The number of aliphatic hydroxyl groups excluding tert-OH is 1. The summed E-state index contributed by atoms with van der Waals surface area (Å²) in [4.78, 5) is 6.94. The van der Waals surface area contributed by atoms with Gasteiger partial charge in [-0.3, -0.25) is 9.80 Å². The third-order valence-electron chi connectivity index (χ3n) is 3.34. The number of rotatable bonds is 4. The quantitative estimate of drug-likeness (QED) is 0.688. The molecule has 1 saturated heterocycles. The van der Waals surface area contributed by atoms with Gasteiger partial charge in [-0.05, 0) is 28.1 Å². The smallest absolute Gasteiger partial charge is 0.0599 e. The van der Waals surface area contributed by atoms with Crippen LogP contribution in [0.5, 0.6) is 0 Å². The van der Waals surface area contributed by atoms with Crippen molar-refractivity contribution in [3.05, 3.63) is 0 Å². The highest BCUT2D eigenvalue weighted by Gasteiger charge is 2.28. The molecule has 2 atom stereocenters. The summed E-state index contributed by atoms with van der Waals surface area (Å²) < 4.78 is 0. The molecule has 1 aliphatic rings. The molecule has 4 nitrogen and oxygen atoms in total. The number of nitrogens with zero attached hydrogens (tertiary/aromatic N) is 3. The van der Waals surface area contributed by atoms with Crippen molar-refractivity contribution in [1.82, 2.24) is 14.7 Å². The van der Waals surface area contributed by atoms with Gasteiger partial charge in [-0.2, -0.15) is 0 Å². The summed E-state index contributed by atoms with van der Waals surface area (Å²) in [5.74, 6) is 0. The lowest BCUT2D eigenvalue weighted by molar-refractivity contribution is 0.0202. The summed E-state index contributed by atoms with van der Waals surface area (Å²) in [5, 5.41) is 9.30. The van der Waals surface area contributed by atoms with E-state index in [0.29, 0.717) is 12.1 Å². The molecule has 0 aliphatic carbocycles. The molecule has 15 heavy (non-hydrogen) atoms. The van der Waals surface area contributed by atoms with E-state index in [4.69, 9.17) is 0 Å². The van der Waals surface area contributed by atoms with E-state index in [-0.39, 0.29) is 6.61 Å². The van der Waals surface area contributed by atoms with Crippen molar-refractivity contribution in [2.75, 3.05) is 53.9 Å². The molecule has 90 valence electrons. The fourth-order valence-electron chi connectivity index (χ4n) is 2.07. The summed E-state index contributed by atoms with van der Waals surface area (Å²) in [6.45, 7) is 6.78. The van der Waals surface area contributed by atoms with Gasteiger partial charge in [-0.1, -0.05) is 0 Å². The van der Waals surface area contributed by atoms with E-state index in [1.807, 2.05) is 0 Å². The van der Waals surface area contributed by atoms with Crippen LogP contribution in [0, 0.1) is 0 Å². The molecule has 0 amide bonds. The third-order valence-corrected chi connectivity index (χ3v) is 3.34. The van der Waals surface area contributed by atoms with Gasteiger partial charge in [0.05, 0.1) is 6.61 Å². The molecule has 1 rings (SSSR count). The van der Waals surface area contributed by atoms with Crippen LogP contribution in [0.4, 0.5) is 0 Å². The van der Waals surface area contributed by atoms with E-state index in [0.717, 1.165) is 26.2 Å². The number of aliphatic hydroxyl groups is 1. The minimum Gasteiger partial charge on any atom is -0.395 e. The second-order valence-corrected chi connectivity index (χ2v) is 4.91. The molecular formula is C11H25N3O. The topological polar surface area (TPSA) is 30.0 Å². The van der Waals surface area contributed by atoms with Gasteiger partial charge in [0, 0.05) is 38.3 Å². The zero-order valence-corrected chi connectivity index (χ0v) is 10.5. The molecule has 0 bridgehead atoms. The summed E-state index contributed by atoms with van der Waals surface area (Å²) in [5.41, 5.74) is 0. The van der Waals surface area contributed by atoms with Gasteiger partial charge in [0.2, 0.25) is 0 Å². The number of piperazine rings is 1. The third kappa shape index (κ3) is 3.72. The highest BCUT2D eigenvalue weighted by Crippen LogP contribution is 2.12. The van der Waals surface area contributed by atoms with E-state index < -0.39 is 0 Å². The second-order valence-electron chi connectivity index (χ2n) is 4.91. The second kappa shape index (κ2) is 5.80. The Morgan fingerprint density at radius 3 is 2.53 bits per heavy atom. The van der Waals surface area contributed by atoms with Crippen LogP contribution in [0.3, 0.4) is 0 Å². The molecule has 0 saturated carbocycles. The monoisotopic (exact) mass is 215 g/mol. The van der Waals surface area contributed by atoms with Crippen LogP contribution in [-0.2, 0) is 0 Å². The van der Waals surface area contributed by atoms with Crippen molar-refractivity contribution in [2.24, 2.45) is 0 Å². The van der Waals surface area contributed by atoms with E-state index in [1.165, 1.54) is 0 Å². The first-order valence-corrected chi connectivity index (χ1v) is 5.74. The van der Waals surface area contributed by atoms with E-state index >= 15 is 0 Å². The molecule has 0 spiro atoms. The standard InChI is InChI=1S/C11H25N3O/c1-10-7-14(6-5-12(2)3)8-11(9-15)13(10)4/h10-11,15H,5-9H2,1-4H3. The average molecular weight is 215 g/mol. The SMILES string of the molecule is CC1CN(CCN(C)C)CC(CO)N1C. The van der Waals surface area contributed by atoms with Crippen molar-refractivity contribution in [3.8, 4) is 0 Å². The predicted molar refractivity (Wildman–Crippen MR) is 63.1 cm³/mol. The maximum atomic E-state index is 9.30. The molecule has 1 N–H and O–H groups in total. The van der Waals surface area contributed by atoms with Crippen LogP contribution < -0.4 is 0 Å². The normalized spacial score (nSPS) is 30.0. The molecule has 4 heteroatoms. The molecule has 0 aromatic rings. The van der Waals surface area contributed by atoms with Crippen LogP contribution in [0.25, 0.3) is 0 Å². The highest BCUT2D eigenvalue weighted by atomic mass is 16.3. The van der Waals surface area contributed by atoms with Crippen molar-refractivity contribution >= 4 is 0 Å². The Morgan fingerprint density at radius 1 is 1.33 bits per heavy atom. The maximum Gasteiger partial charge on any atom is 0.0599 e. The minimum atomic E-state index is 0.263. The van der Waals surface area contributed by atoms with Crippen molar-refractivity contribution in [1.29, 1.82) is 0 Å². The number of hydrogen-bond donors (Lipinski definition) is 1. The van der Waals surface area contributed by atoms with E-state index in [9.17, 15) is 5.11 Å². The van der Waals surface area contributed by atoms with Crippen molar-refractivity contribution in [2.45, 2.75) is 19.0 Å². The minimum absolute atomic E-state index is 0.263. The molecular weight excluding hydrogens is 190 g/mol. The largest absolute Gasteiger partial charge is 0.395 e. The molecule has 1 fully saturated rings. The van der Waals surface area contributed by atoms with Crippen molar-refractivity contribution in [3.63, 3.8) is 0 Å². The van der Waals surface area contributed by atoms with E-state index in [2.05, 4.69) is 42.8 Å². The van der Waals surface area contributed by atoms with Crippen LogP contribution in [-0.4, -0.2) is 85.8 Å².